The average Bonchev–Trinajstić information content (AvgIpc) is 3.01. The molecule has 0 bridgehead atoms. The van der Waals surface area contributed by atoms with Gasteiger partial charge in [-0.1, -0.05) is 19.1 Å². The van der Waals surface area contributed by atoms with Gasteiger partial charge >= 0.3 is 0 Å². The number of nitrogens with one attached hydrogen (secondary N) is 2. The summed E-state index contributed by atoms with van der Waals surface area (Å²) in [6.07, 6.45) is 3.65. The standard InChI is InChI=1S/C16H22N4O/c1-12(11-17-3)16(21)19-13(2)14-6-4-7-15(10-14)20-9-5-8-18-20/h4-10,12-13,17H,11H2,1-3H3,(H,19,21). The molecule has 5 nitrogen and oxygen atoms in total. The first-order chi connectivity index (χ1) is 10.1. The Morgan fingerprint density at radius 3 is 2.81 bits per heavy atom. The van der Waals surface area contributed by atoms with Crippen LogP contribution >= 0.6 is 0 Å². The molecule has 5 heteroatoms. The minimum absolute atomic E-state index is 0.0349. The van der Waals surface area contributed by atoms with Gasteiger partial charge in [0, 0.05) is 24.9 Å². The number of nitrogens with zero attached hydrogens (tertiary/aromatic N) is 2. The fourth-order valence-corrected chi connectivity index (χ4v) is 2.20. The maximum Gasteiger partial charge on any atom is 0.224 e. The molecule has 0 aliphatic carbocycles. The van der Waals surface area contributed by atoms with Crippen molar-refractivity contribution in [2.45, 2.75) is 19.9 Å². The zero-order chi connectivity index (χ0) is 15.2. The van der Waals surface area contributed by atoms with Crippen molar-refractivity contribution in [2.75, 3.05) is 13.6 Å². The van der Waals surface area contributed by atoms with E-state index >= 15 is 0 Å². The molecule has 0 radical (unpaired) electrons. The largest absolute Gasteiger partial charge is 0.349 e. The van der Waals surface area contributed by atoms with Crippen molar-refractivity contribution in [3.63, 3.8) is 0 Å². The predicted octanol–water partition coefficient (Wildman–Crippen LogP) is 1.90. The van der Waals surface area contributed by atoms with E-state index in [0.29, 0.717) is 6.54 Å². The molecule has 21 heavy (non-hydrogen) atoms. The summed E-state index contributed by atoms with van der Waals surface area (Å²) in [5.74, 6) is 0.00749. The van der Waals surface area contributed by atoms with Crippen LogP contribution in [0.5, 0.6) is 0 Å². The van der Waals surface area contributed by atoms with Gasteiger partial charge in [-0.05, 0) is 37.7 Å². The molecule has 0 aliphatic heterocycles. The minimum Gasteiger partial charge on any atom is -0.349 e. The number of hydrogen-bond donors (Lipinski definition) is 2. The Morgan fingerprint density at radius 1 is 1.33 bits per heavy atom. The van der Waals surface area contributed by atoms with Gasteiger partial charge in [0.2, 0.25) is 5.91 Å². The van der Waals surface area contributed by atoms with E-state index in [0.717, 1.165) is 11.3 Å². The van der Waals surface area contributed by atoms with Gasteiger partial charge in [-0.2, -0.15) is 5.10 Å². The van der Waals surface area contributed by atoms with Crippen molar-refractivity contribution in [1.29, 1.82) is 0 Å². The number of carbonyl (C=O) groups excluding carboxylic acids is 1. The van der Waals surface area contributed by atoms with E-state index in [-0.39, 0.29) is 17.9 Å². The summed E-state index contributed by atoms with van der Waals surface area (Å²) >= 11 is 0. The molecule has 0 fully saturated rings. The lowest BCUT2D eigenvalue weighted by Gasteiger charge is -2.18. The van der Waals surface area contributed by atoms with Crippen molar-refractivity contribution >= 4 is 5.91 Å². The highest BCUT2D eigenvalue weighted by atomic mass is 16.1. The van der Waals surface area contributed by atoms with Gasteiger partial charge in [-0.15, -0.1) is 0 Å². The molecule has 2 atom stereocenters. The molecule has 1 aromatic heterocycles. The molecular formula is C16H22N4O. The molecule has 2 N–H and O–H groups in total. The van der Waals surface area contributed by atoms with Crippen LogP contribution in [-0.4, -0.2) is 29.3 Å². The first-order valence-corrected chi connectivity index (χ1v) is 7.16. The van der Waals surface area contributed by atoms with E-state index in [1.807, 2.05) is 62.1 Å². The molecule has 2 aromatic rings. The maximum absolute atomic E-state index is 12.1. The van der Waals surface area contributed by atoms with Crippen LogP contribution in [0.3, 0.4) is 0 Å². The second-order valence-electron chi connectivity index (χ2n) is 5.23. The lowest BCUT2D eigenvalue weighted by Crippen LogP contribution is -2.35. The zero-order valence-electron chi connectivity index (χ0n) is 12.7. The number of aromatic nitrogens is 2. The second kappa shape index (κ2) is 7.04. The zero-order valence-corrected chi connectivity index (χ0v) is 12.7. The molecule has 0 spiro atoms. The highest BCUT2D eigenvalue weighted by Crippen LogP contribution is 2.17. The van der Waals surface area contributed by atoms with E-state index in [4.69, 9.17) is 0 Å². The molecule has 0 saturated heterocycles. The first kappa shape index (κ1) is 15.3. The Balaban J connectivity index is 2.07. The van der Waals surface area contributed by atoms with Gasteiger partial charge < -0.3 is 10.6 Å². The summed E-state index contributed by atoms with van der Waals surface area (Å²) < 4.78 is 1.81. The fraction of sp³-hybridized carbons (Fsp3) is 0.375. The highest BCUT2D eigenvalue weighted by Gasteiger charge is 2.15. The molecule has 2 rings (SSSR count). The second-order valence-corrected chi connectivity index (χ2v) is 5.23. The van der Waals surface area contributed by atoms with Gasteiger partial charge in [0.15, 0.2) is 0 Å². The van der Waals surface area contributed by atoms with Gasteiger partial charge in [0.25, 0.3) is 0 Å². The molecule has 1 aromatic carbocycles. The molecule has 0 aliphatic rings. The van der Waals surface area contributed by atoms with E-state index in [1.165, 1.54) is 0 Å². The van der Waals surface area contributed by atoms with Gasteiger partial charge in [0.05, 0.1) is 11.7 Å². The smallest absolute Gasteiger partial charge is 0.224 e. The molecule has 112 valence electrons. The predicted molar refractivity (Wildman–Crippen MR) is 83.2 cm³/mol. The number of carbonyl (C=O) groups is 1. The summed E-state index contributed by atoms with van der Waals surface area (Å²) in [7, 11) is 1.85. The highest BCUT2D eigenvalue weighted by molar-refractivity contribution is 5.79. The normalized spacial score (nSPS) is 13.7. The van der Waals surface area contributed by atoms with E-state index in [1.54, 1.807) is 6.20 Å². The van der Waals surface area contributed by atoms with E-state index < -0.39 is 0 Å². The summed E-state index contributed by atoms with van der Waals surface area (Å²) in [5.41, 5.74) is 2.05. The van der Waals surface area contributed by atoms with Crippen LogP contribution in [0.4, 0.5) is 0 Å². The molecular weight excluding hydrogens is 264 g/mol. The van der Waals surface area contributed by atoms with Crippen molar-refractivity contribution < 1.29 is 4.79 Å². The Kier molecular flexibility index (Phi) is 5.11. The lowest BCUT2D eigenvalue weighted by molar-refractivity contribution is -0.125. The number of benzene rings is 1. The van der Waals surface area contributed by atoms with Crippen molar-refractivity contribution in [2.24, 2.45) is 5.92 Å². The Bertz CT molecular complexity index is 580. The molecule has 1 amide bonds. The van der Waals surface area contributed by atoms with Gasteiger partial charge in [-0.25, -0.2) is 4.68 Å². The Morgan fingerprint density at radius 2 is 2.14 bits per heavy atom. The quantitative estimate of drug-likeness (QED) is 0.853. The Labute approximate surface area is 125 Å². The van der Waals surface area contributed by atoms with E-state index in [9.17, 15) is 4.79 Å². The fourth-order valence-electron chi connectivity index (χ4n) is 2.20. The van der Waals surface area contributed by atoms with Crippen LogP contribution in [0.25, 0.3) is 5.69 Å². The van der Waals surface area contributed by atoms with Crippen LogP contribution in [0.1, 0.15) is 25.5 Å². The van der Waals surface area contributed by atoms with Gasteiger partial charge in [0.1, 0.15) is 0 Å². The number of hydrogen-bond acceptors (Lipinski definition) is 3. The summed E-state index contributed by atoms with van der Waals surface area (Å²) in [5, 5.41) is 10.3. The molecule has 2 unspecified atom stereocenters. The maximum atomic E-state index is 12.1. The summed E-state index contributed by atoms with van der Waals surface area (Å²) in [4.78, 5) is 12.1. The number of amides is 1. The third-order valence-corrected chi connectivity index (χ3v) is 3.46. The van der Waals surface area contributed by atoms with Crippen molar-refractivity contribution in [3.8, 4) is 5.69 Å². The van der Waals surface area contributed by atoms with Crippen LogP contribution in [0.15, 0.2) is 42.7 Å². The lowest BCUT2D eigenvalue weighted by atomic mass is 10.1. The molecule has 1 heterocycles. The van der Waals surface area contributed by atoms with Gasteiger partial charge in [-0.3, -0.25) is 4.79 Å². The topological polar surface area (TPSA) is 59.0 Å². The van der Waals surface area contributed by atoms with Crippen LogP contribution in [0, 0.1) is 5.92 Å². The van der Waals surface area contributed by atoms with Crippen LogP contribution in [0.2, 0.25) is 0 Å². The third-order valence-electron chi connectivity index (χ3n) is 3.46. The Hall–Kier alpha value is -2.14. The third kappa shape index (κ3) is 3.92. The monoisotopic (exact) mass is 286 g/mol. The first-order valence-electron chi connectivity index (χ1n) is 7.16. The van der Waals surface area contributed by atoms with Crippen LogP contribution in [-0.2, 0) is 4.79 Å². The van der Waals surface area contributed by atoms with Crippen molar-refractivity contribution in [3.05, 3.63) is 48.3 Å². The average molecular weight is 286 g/mol. The number of rotatable bonds is 6. The summed E-state index contributed by atoms with van der Waals surface area (Å²) in [6.45, 7) is 4.58. The van der Waals surface area contributed by atoms with E-state index in [2.05, 4.69) is 15.7 Å². The summed E-state index contributed by atoms with van der Waals surface area (Å²) in [6, 6.07) is 9.88. The molecule has 0 saturated carbocycles. The SMILES string of the molecule is CNCC(C)C(=O)NC(C)c1cccc(-n2cccn2)c1. The minimum atomic E-state index is -0.0493. The van der Waals surface area contributed by atoms with Crippen molar-refractivity contribution in [1.82, 2.24) is 20.4 Å². The van der Waals surface area contributed by atoms with Crippen LogP contribution < -0.4 is 10.6 Å².